The minimum Gasteiger partial charge on any atom is -0.351 e. The van der Waals surface area contributed by atoms with Crippen molar-refractivity contribution in [2.75, 3.05) is 36.8 Å². The Hall–Kier alpha value is -1.83. The molecule has 1 aromatic heterocycles. The second-order valence-electron chi connectivity index (χ2n) is 7.73. The average molecular weight is 402 g/mol. The normalized spacial score (nSPS) is 22.5. The van der Waals surface area contributed by atoms with Gasteiger partial charge in [0.25, 0.3) is 0 Å². The van der Waals surface area contributed by atoms with Gasteiger partial charge in [-0.2, -0.15) is 4.55 Å². The van der Waals surface area contributed by atoms with Crippen LogP contribution in [0.3, 0.4) is 0 Å². The molecule has 0 amide bonds. The van der Waals surface area contributed by atoms with E-state index in [1.165, 1.54) is 38.8 Å². The Balaban J connectivity index is 1.46. The molecule has 2 atom stereocenters. The number of aromatic nitrogens is 2. The first-order valence-corrected chi connectivity index (χ1v) is 11.9. The van der Waals surface area contributed by atoms with Crippen LogP contribution in [-0.2, 0) is 14.4 Å². The molecule has 2 aliphatic heterocycles. The molecule has 4 rings (SSSR count). The largest absolute Gasteiger partial charge is 0.351 e. The molecule has 2 saturated heterocycles. The maximum atomic E-state index is 12.1. The van der Waals surface area contributed by atoms with E-state index in [9.17, 15) is 8.76 Å². The van der Waals surface area contributed by atoms with Crippen LogP contribution in [-0.4, -0.2) is 57.6 Å². The second-order valence-corrected chi connectivity index (χ2v) is 10.1. The van der Waals surface area contributed by atoms with Crippen LogP contribution in [0.4, 0.5) is 5.82 Å². The molecule has 6 nitrogen and oxygen atoms in total. The topological polar surface area (TPSA) is 69.6 Å². The van der Waals surface area contributed by atoms with Gasteiger partial charge in [0.1, 0.15) is 5.75 Å². The third kappa shape index (κ3) is 4.11. The van der Waals surface area contributed by atoms with Crippen LogP contribution in [0.1, 0.15) is 32.6 Å². The van der Waals surface area contributed by atoms with Crippen molar-refractivity contribution in [3.8, 4) is 11.3 Å². The van der Waals surface area contributed by atoms with E-state index in [2.05, 4.69) is 26.1 Å². The zero-order chi connectivity index (χ0) is 19.6. The van der Waals surface area contributed by atoms with Crippen molar-refractivity contribution in [3.63, 3.8) is 0 Å². The van der Waals surface area contributed by atoms with E-state index >= 15 is 0 Å². The lowest BCUT2D eigenvalue weighted by Crippen LogP contribution is -2.39. The van der Waals surface area contributed by atoms with E-state index in [-0.39, 0.29) is 5.75 Å². The number of hydrogen-bond acceptors (Lipinski definition) is 5. The maximum absolute atomic E-state index is 12.1. The van der Waals surface area contributed by atoms with Gasteiger partial charge in [0, 0.05) is 24.7 Å². The molecule has 1 unspecified atom stereocenters. The van der Waals surface area contributed by atoms with Crippen molar-refractivity contribution in [2.45, 2.75) is 43.5 Å². The minimum atomic E-state index is -2.93. The molecule has 0 bridgehead atoms. The zero-order valence-electron chi connectivity index (χ0n) is 16.5. The summed E-state index contributed by atoms with van der Waals surface area (Å²) >= 11 is 0. The predicted octanol–water partition coefficient (Wildman–Crippen LogP) is 3.56. The number of rotatable bonds is 6. The molecule has 0 radical (unpaired) electrons. The number of nitrogens with zero attached hydrogens (tertiary/aromatic N) is 4. The Morgan fingerprint density at radius 3 is 2.43 bits per heavy atom. The fourth-order valence-electron chi connectivity index (χ4n) is 4.23. The molecule has 1 N–H and O–H groups in total. The molecule has 0 spiro atoms. The van der Waals surface area contributed by atoms with Gasteiger partial charge < -0.3 is 9.80 Å². The maximum Gasteiger partial charge on any atom is 0.247 e. The van der Waals surface area contributed by atoms with Crippen molar-refractivity contribution in [1.82, 2.24) is 15.1 Å². The molecule has 2 aliphatic rings. The summed E-state index contributed by atoms with van der Waals surface area (Å²) in [5, 5.41) is 8.93. The second kappa shape index (κ2) is 8.27. The minimum absolute atomic E-state index is 0.218. The van der Waals surface area contributed by atoms with Gasteiger partial charge in [-0.15, -0.1) is 10.2 Å². The van der Waals surface area contributed by atoms with Gasteiger partial charge in [-0.25, -0.2) is 0 Å². The predicted molar refractivity (Wildman–Crippen MR) is 113 cm³/mol. The van der Waals surface area contributed by atoms with Crippen molar-refractivity contribution in [3.05, 3.63) is 36.4 Å². The summed E-state index contributed by atoms with van der Waals surface area (Å²) in [5.41, 5.74) is 1.69. The summed E-state index contributed by atoms with van der Waals surface area (Å²) in [6.07, 6.45) is 5.08. The van der Waals surface area contributed by atoms with Crippen LogP contribution in [0, 0.1) is 0 Å². The number of anilines is 1. The van der Waals surface area contributed by atoms with Crippen LogP contribution in [0.15, 0.2) is 41.3 Å². The molecule has 7 heteroatoms. The fourth-order valence-corrected chi connectivity index (χ4v) is 5.12. The highest BCUT2D eigenvalue weighted by Crippen LogP contribution is 2.27. The number of benzene rings is 1. The Labute approximate surface area is 168 Å². The highest BCUT2D eigenvalue weighted by Gasteiger charge is 2.29. The summed E-state index contributed by atoms with van der Waals surface area (Å²) < 4.78 is 22.0. The molecule has 0 aliphatic carbocycles. The first-order chi connectivity index (χ1) is 13.6. The molecular weight excluding hydrogens is 372 g/mol. The molecule has 2 aromatic rings. The fraction of sp³-hybridized carbons (Fsp3) is 0.524. The molecule has 2 fully saturated rings. The highest BCUT2D eigenvalue weighted by molar-refractivity contribution is 7.97. The van der Waals surface area contributed by atoms with Gasteiger partial charge in [-0.3, -0.25) is 0 Å². The number of hydrogen-bond donors (Lipinski definition) is 1. The summed E-state index contributed by atoms with van der Waals surface area (Å²) in [6.45, 7) is 6.34. The first kappa shape index (κ1) is 19.5. The van der Waals surface area contributed by atoms with Gasteiger partial charge in [0.2, 0.25) is 10.2 Å². The van der Waals surface area contributed by atoms with Gasteiger partial charge in [-0.1, -0.05) is 4.21 Å². The Morgan fingerprint density at radius 1 is 1.04 bits per heavy atom. The first-order valence-electron chi connectivity index (χ1n) is 10.2. The van der Waals surface area contributed by atoms with Gasteiger partial charge >= 0.3 is 0 Å². The quantitative estimate of drug-likeness (QED) is 0.747. The van der Waals surface area contributed by atoms with Crippen LogP contribution < -0.4 is 4.90 Å². The molecule has 150 valence electrons. The average Bonchev–Trinajstić information content (AvgIpc) is 3.41. The van der Waals surface area contributed by atoms with E-state index < -0.39 is 10.2 Å². The summed E-state index contributed by atoms with van der Waals surface area (Å²) in [7, 11) is -2.93. The summed E-state index contributed by atoms with van der Waals surface area (Å²) in [6, 6.07) is 11.7. The molecule has 0 saturated carbocycles. The smallest absolute Gasteiger partial charge is 0.247 e. The van der Waals surface area contributed by atoms with Crippen LogP contribution in [0.2, 0.25) is 0 Å². The van der Waals surface area contributed by atoms with Crippen LogP contribution >= 0.6 is 0 Å². The van der Waals surface area contributed by atoms with E-state index in [1.807, 2.05) is 18.2 Å². The van der Waals surface area contributed by atoms with Crippen molar-refractivity contribution in [2.24, 2.45) is 0 Å². The van der Waals surface area contributed by atoms with Crippen LogP contribution in [0.5, 0.6) is 0 Å². The lowest BCUT2D eigenvalue weighted by molar-refractivity contribution is 0.313. The third-order valence-corrected chi connectivity index (χ3v) is 7.69. The van der Waals surface area contributed by atoms with Crippen molar-refractivity contribution >= 4 is 16.0 Å². The lowest BCUT2D eigenvalue weighted by atomic mass is 10.1. The van der Waals surface area contributed by atoms with E-state index in [0.29, 0.717) is 10.9 Å². The monoisotopic (exact) mass is 401 g/mol. The van der Waals surface area contributed by atoms with Gasteiger partial charge in [0.05, 0.1) is 5.69 Å². The zero-order valence-corrected chi connectivity index (χ0v) is 17.3. The van der Waals surface area contributed by atoms with Crippen LogP contribution in [0.25, 0.3) is 11.3 Å². The molecular formula is C21H29N4O2S+. The van der Waals surface area contributed by atoms with Gasteiger partial charge in [-0.05, 0) is 82.1 Å². The van der Waals surface area contributed by atoms with Crippen molar-refractivity contribution in [1.29, 1.82) is 0 Å². The molecule has 1 aromatic carbocycles. The highest BCUT2D eigenvalue weighted by atomic mass is 32.3. The third-order valence-electron chi connectivity index (χ3n) is 5.90. The Kier molecular flexibility index (Phi) is 5.75. The molecule has 28 heavy (non-hydrogen) atoms. The Morgan fingerprint density at radius 2 is 1.79 bits per heavy atom. The SMILES string of the molecule is CC[S+](=O)(O)c1ccc(-c2ccc(N3CCC[C@H]3CN3CCCC3)nn2)cc1. The summed E-state index contributed by atoms with van der Waals surface area (Å²) in [5.74, 6) is 1.17. The van der Waals surface area contributed by atoms with Crippen molar-refractivity contribution < 1.29 is 8.76 Å². The number of likely N-dealkylation sites (tertiary alicyclic amines) is 1. The van der Waals surface area contributed by atoms with Gasteiger partial charge in [0.15, 0.2) is 10.7 Å². The standard InChI is InChI=1S/C21H28N4O2S/c1-2-28(26,27)19-9-7-17(8-10-19)20-11-12-21(23-22-20)25-15-5-6-18(25)16-24-13-3-4-14-24/h7-12,18H,2-6,13-16H2,1H3/p+1/t18-/m0/s1. The van der Waals surface area contributed by atoms with E-state index in [4.69, 9.17) is 0 Å². The Bertz CT molecular complexity index is 834. The molecule has 3 heterocycles. The van der Waals surface area contributed by atoms with E-state index in [1.54, 1.807) is 19.1 Å². The van der Waals surface area contributed by atoms with E-state index in [0.717, 1.165) is 30.2 Å². The lowest BCUT2D eigenvalue weighted by Gasteiger charge is -2.29. The summed E-state index contributed by atoms with van der Waals surface area (Å²) in [4.78, 5) is 5.44.